The Morgan fingerprint density at radius 1 is 1.19 bits per heavy atom. The molecule has 1 aromatic carbocycles. The van der Waals surface area contributed by atoms with Crippen molar-refractivity contribution in [2.75, 3.05) is 6.61 Å². The quantitative estimate of drug-likeness (QED) is 0.663. The third kappa shape index (κ3) is 7.11. The van der Waals surface area contributed by atoms with Gasteiger partial charge in [-0.25, -0.2) is 0 Å². The lowest BCUT2D eigenvalue weighted by atomic mass is 9.80. The highest BCUT2D eigenvalue weighted by Crippen LogP contribution is 2.39. The van der Waals surface area contributed by atoms with Crippen molar-refractivity contribution in [2.45, 2.75) is 51.2 Å². The van der Waals surface area contributed by atoms with Gasteiger partial charge in [0, 0.05) is 18.9 Å². The van der Waals surface area contributed by atoms with Crippen molar-refractivity contribution in [3.63, 3.8) is 0 Å². The molecule has 2 rings (SSSR count). The number of ether oxygens (including phenoxy) is 1. The van der Waals surface area contributed by atoms with Crippen molar-refractivity contribution in [3.05, 3.63) is 29.8 Å². The van der Waals surface area contributed by atoms with Crippen LogP contribution in [0.15, 0.2) is 24.3 Å². The van der Waals surface area contributed by atoms with Gasteiger partial charge in [-0.2, -0.15) is 13.2 Å². The summed E-state index contributed by atoms with van der Waals surface area (Å²) in [5, 5.41) is 11.3. The Morgan fingerprint density at radius 3 is 2.52 bits per heavy atom. The molecule has 2 N–H and O–H groups in total. The van der Waals surface area contributed by atoms with Gasteiger partial charge in [0.2, 0.25) is 5.91 Å². The number of benzene rings is 1. The second kappa shape index (κ2) is 9.62. The maximum atomic E-state index is 12.8. The standard InChI is InChI=1S/C19H24F3NO4/c20-19(21,22)15-4-1-3-14(11-15)18(26)23-12-13-6-8-16(9-7-13)27-10-2-5-17(24)25/h6-9,14-15H,1-5,10-12H2,(H,23,26)(H,24,25). The third-order valence-electron chi connectivity index (χ3n) is 4.70. The molecule has 0 aromatic heterocycles. The summed E-state index contributed by atoms with van der Waals surface area (Å²) < 4.78 is 44.0. The fourth-order valence-electron chi connectivity index (χ4n) is 3.18. The first-order valence-corrected chi connectivity index (χ1v) is 9.03. The molecule has 27 heavy (non-hydrogen) atoms. The van der Waals surface area contributed by atoms with E-state index in [0.29, 0.717) is 31.6 Å². The van der Waals surface area contributed by atoms with Crippen molar-refractivity contribution < 1.29 is 32.6 Å². The number of carboxylic acid groups (broad SMARTS) is 1. The molecule has 0 heterocycles. The van der Waals surface area contributed by atoms with Gasteiger partial charge in [-0.05, 0) is 43.4 Å². The molecule has 1 aliphatic carbocycles. The van der Waals surface area contributed by atoms with E-state index >= 15 is 0 Å². The lowest BCUT2D eigenvalue weighted by molar-refractivity contribution is -0.186. The van der Waals surface area contributed by atoms with E-state index in [1.165, 1.54) is 0 Å². The first-order valence-electron chi connectivity index (χ1n) is 9.03. The van der Waals surface area contributed by atoms with Crippen LogP contribution in [-0.2, 0) is 16.1 Å². The molecule has 1 amide bonds. The van der Waals surface area contributed by atoms with Gasteiger partial charge in [0.15, 0.2) is 0 Å². The van der Waals surface area contributed by atoms with Gasteiger partial charge in [0.25, 0.3) is 0 Å². The third-order valence-corrected chi connectivity index (χ3v) is 4.70. The highest BCUT2D eigenvalue weighted by molar-refractivity contribution is 5.78. The largest absolute Gasteiger partial charge is 0.494 e. The molecule has 1 aliphatic rings. The van der Waals surface area contributed by atoms with Crippen LogP contribution in [-0.4, -0.2) is 29.8 Å². The lowest BCUT2D eigenvalue weighted by Gasteiger charge is -2.29. The maximum absolute atomic E-state index is 12.8. The Balaban J connectivity index is 1.75. The molecule has 2 unspecified atom stereocenters. The van der Waals surface area contributed by atoms with Crippen molar-refractivity contribution in [2.24, 2.45) is 11.8 Å². The van der Waals surface area contributed by atoms with E-state index in [2.05, 4.69) is 5.32 Å². The molecule has 0 radical (unpaired) electrons. The summed E-state index contributed by atoms with van der Waals surface area (Å²) in [5.41, 5.74) is 0.810. The van der Waals surface area contributed by atoms with E-state index in [9.17, 15) is 22.8 Å². The summed E-state index contributed by atoms with van der Waals surface area (Å²) in [6.07, 6.45) is -2.93. The molecule has 5 nitrogen and oxygen atoms in total. The molecule has 1 aromatic rings. The Bertz CT molecular complexity index is 631. The monoisotopic (exact) mass is 387 g/mol. The molecular weight excluding hydrogens is 363 g/mol. The van der Waals surface area contributed by atoms with E-state index in [1.54, 1.807) is 24.3 Å². The minimum absolute atomic E-state index is 0.0421. The second-order valence-corrected chi connectivity index (χ2v) is 6.81. The minimum Gasteiger partial charge on any atom is -0.494 e. The number of hydrogen-bond donors (Lipinski definition) is 2. The molecule has 1 saturated carbocycles. The number of carbonyl (C=O) groups is 2. The van der Waals surface area contributed by atoms with E-state index in [4.69, 9.17) is 9.84 Å². The van der Waals surface area contributed by atoms with Crippen LogP contribution in [0.4, 0.5) is 13.2 Å². The number of carboxylic acids is 1. The van der Waals surface area contributed by atoms with Crippen LogP contribution in [0.25, 0.3) is 0 Å². The fourth-order valence-corrected chi connectivity index (χ4v) is 3.18. The van der Waals surface area contributed by atoms with Gasteiger partial charge >= 0.3 is 12.1 Å². The number of carbonyl (C=O) groups excluding carboxylic acids is 1. The zero-order valence-corrected chi connectivity index (χ0v) is 14.9. The maximum Gasteiger partial charge on any atom is 0.391 e. The molecular formula is C19H24F3NO4. The van der Waals surface area contributed by atoms with Crippen LogP contribution in [0.1, 0.15) is 44.1 Å². The first-order chi connectivity index (χ1) is 12.8. The summed E-state index contributed by atoms with van der Waals surface area (Å²) in [7, 11) is 0. The number of rotatable bonds is 8. The molecule has 2 atom stereocenters. The van der Waals surface area contributed by atoms with Crippen molar-refractivity contribution >= 4 is 11.9 Å². The van der Waals surface area contributed by atoms with E-state index in [-0.39, 0.29) is 31.7 Å². The van der Waals surface area contributed by atoms with Crippen LogP contribution in [0.2, 0.25) is 0 Å². The molecule has 0 spiro atoms. The molecule has 0 bridgehead atoms. The zero-order chi connectivity index (χ0) is 19.9. The van der Waals surface area contributed by atoms with E-state index in [0.717, 1.165) is 5.56 Å². The average Bonchev–Trinajstić information content (AvgIpc) is 2.63. The molecule has 0 saturated heterocycles. The normalized spacial score (nSPS) is 20.1. The van der Waals surface area contributed by atoms with E-state index < -0.39 is 24.0 Å². The molecule has 0 aliphatic heterocycles. The summed E-state index contributed by atoms with van der Waals surface area (Å²) in [6, 6.07) is 6.93. The Morgan fingerprint density at radius 2 is 1.89 bits per heavy atom. The summed E-state index contributed by atoms with van der Waals surface area (Å²) in [5.74, 6) is -2.60. The SMILES string of the molecule is O=C(O)CCCOc1ccc(CNC(=O)C2CCCC(C(F)(F)F)C2)cc1. The summed E-state index contributed by atoms with van der Waals surface area (Å²) in [6.45, 7) is 0.537. The van der Waals surface area contributed by atoms with Gasteiger partial charge in [-0.1, -0.05) is 18.6 Å². The van der Waals surface area contributed by atoms with Crippen LogP contribution >= 0.6 is 0 Å². The number of aliphatic carboxylic acids is 1. The number of nitrogens with one attached hydrogen (secondary N) is 1. The van der Waals surface area contributed by atoms with Gasteiger partial charge in [-0.15, -0.1) is 0 Å². The van der Waals surface area contributed by atoms with Crippen molar-refractivity contribution in [1.29, 1.82) is 0 Å². The number of alkyl halides is 3. The Labute approximate surface area is 155 Å². The fraction of sp³-hybridized carbons (Fsp3) is 0.579. The molecule has 150 valence electrons. The highest BCUT2D eigenvalue weighted by Gasteiger charge is 2.43. The molecule has 8 heteroatoms. The Hall–Kier alpha value is -2.25. The van der Waals surface area contributed by atoms with Crippen LogP contribution in [0.5, 0.6) is 5.75 Å². The van der Waals surface area contributed by atoms with Gasteiger partial charge in [-0.3, -0.25) is 9.59 Å². The second-order valence-electron chi connectivity index (χ2n) is 6.81. The van der Waals surface area contributed by atoms with Crippen LogP contribution < -0.4 is 10.1 Å². The lowest BCUT2D eigenvalue weighted by Crippen LogP contribution is -2.37. The molecule has 1 fully saturated rings. The van der Waals surface area contributed by atoms with Gasteiger partial charge in [0.1, 0.15) is 5.75 Å². The van der Waals surface area contributed by atoms with Gasteiger partial charge in [0.05, 0.1) is 12.5 Å². The van der Waals surface area contributed by atoms with Crippen LogP contribution in [0, 0.1) is 11.8 Å². The smallest absolute Gasteiger partial charge is 0.391 e. The topological polar surface area (TPSA) is 75.6 Å². The zero-order valence-electron chi connectivity index (χ0n) is 14.9. The summed E-state index contributed by atoms with van der Waals surface area (Å²) in [4.78, 5) is 22.6. The minimum atomic E-state index is -4.24. The number of amides is 1. The van der Waals surface area contributed by atoms with Gasteiger partial charge < -0.3 is 15.2 Å². The first kappa shape index (κ1) is 21.1. The predicted octanol–water partition coefficient (Wildman–Crippen LogP) is 3.92. The average molecular weight is 387 g/mol. The van der Waals surface area contributed by atoms with Crippen molar-refractivity contribution in [1.82, 2.24) is 5.32 Å². The van der Waals surface area contributed by atoms with Crippen molar-refractivity contribution in [3.8, 4) is 5.75 Å². The number of hydrogen-bond acceptors (Lipinski definition) is 3. The number of halogens is 3. The van der Waals surface area contributed by atoms with Crippen LogP contribution in [0.3, 0.4) is 0 Å². The Kier molecular flexibility index (Phi) is 7.50. The predicted molar refractivity (Wildman–Crippen MR) is 92.2 cm³/mol. The summed E-state index contributed by atoms with van der Waals surface area (Å²) >= 11 is 0. The highest BCUT2D eigenvalue weighted by atomic mass is 19.4. The van der Waals surface area contributed by atoms with E-state index in [1.807, 2.05) is 0 Å².